The molecule has 15 heavy (non-hydrogen) atoms. The van der Waals surface area contributed by atoms with Crippen LogP contribution in [0.25, 0.3) is 0 Å². The Labute approximate surface area is 87.4 Å². The molecule has 0 aliphatic rings. The molecule has 1 heterocycles. The average molecular weight is 203 g/mol. The second-order valence-corrected chi connectivity index (χ2v) is 3.08. The number of pyridine rings is 1. The van der Waals surface area contributed by atoms with Crippen LogP contribution in [0.15, 0.2) is 48.7 Å². The molecule has 1 aromatic carbocycles. The monoisotopic (exact) mass is 203 g/mol. The summed E-state index contributed by atoms with van der Waals surface area (Å²) in [6, 6.07) is 11.7. The van der Waals surface area contributed by atoms with Gasteiger partial charge in [-0.05, 0) is 23.8 Å². The van der Waals surface area contributed by atoms with E-state index in [-0.39, 0.29) is 5.82 Å². The van der Waals surface area contributed by atoms with Crippen molar-refractivity contribution in [2.45, 2.75) is 6.61 Å². The van der Waals surface area contributed by atoms with Gasteiger partial charge >= 0.3 is 0 Å². The van der Waals surface area contributed by atoms with E-state index >= 15 is 0 Å². The molecule has 0 bridgehead atoms. The van der Waals surface area contributed by atoms with Gasteiger partial charge in [0.15, 0.2) is 0 Å². The van der Waals surface area contributed by atoms with Crippen LogP contribution in [0.2, 0.25) is 0 Å². The minimum atomic E-state index is -0.239. The molecule has 0 atom stereocenters. The van der Waals surface area contributed by atoms with Gasteiger partial charge in [0.25, 0.3) is 0 Å². The van der Waals surface area contributed by atoms with Crippen molar-refractivity contribution >= 4 is 0 Å². The van der Waals surface area contributed by atoms with Crippen molar-refractivity contribution in [3.8, 4) is 5.88 Å². The second-order valence-electron chi connectivity index (χ2n) is 3.08. The summed E-state index contributed by atoms with van der Waals surface area (Å²) >= 11 is 0. The van der Waals surface area contributed by atoms with E-state index in [1.807, 2.05) is 12.1 Å². The van der Waals surface area contributed by atoms with Crippen molar-refractivity contribution in [1.29, 1.82) is 0 Å². The van der Waals surface area contributed by atoms with Crippen molar-refractivity contribution in [2.24, 2.45) is 0 Å². The molecule has 0 fully saturated rings. The fourth-order valence-electron chi connectivity index (χ4n) is 1.17. The number of rotatable bonds is 3. The molecule has 0 amide bonds. The smallest absolute Gasteiger partial charge is 0.213 e. The number of hydrogen-bond donors (Lipinski definition) is 0. The molecule has 1 aromatic heterocycles. The van der Waals surface area contributed by atoms with Crippen LogP contribution in [0.1, 0.15) is 5.56 Å². The average Bonchev–Trinajstić information content (AvgIpc) is 2.30. The molecule has 76 valence electrons. The summed E-state index contributed by atoms with van der Waals surface area (Å²) in [7, 11) is 0. The van der Waals surface area contributed by atoms with Gasteiger partial charge in [0, 0.05) is 12.3 Å². The van der Waals surface area contributed by atoms with Crippen molar-refractivity contribution in [2.75, 3.05) is 0 Å². The van der Waals surface area contributed by atoms with Gasteiger partial charge in [0.1, 0.15) is 12.4 Å². The quantitative estimate of drug-likeness (QED) is 0.765. The van der Waals surface area contributed by atoms with Crippen LogP contribution in [-0.2, 0) is 6.61 Å². The van der Waals surface area contributed by atoms with Crippen LogP contribution in [0, 0.1) is 5.82 Å². The summed E-state index contributed by atoms with van der Waals surface area (Å²) in [5.74, 6) is 0.332. The molecular weight excluding hydrogens is 193 g/mol. The van der Waals surface area contributed by atoms with Crippen LogP contribution >= 0.6 is 0 Å². The van der Waals surface area contributed by atoms with E-state index < -0.39 is 0 Å². The van der Waals surface area contributed by atoms with Crippen LogP contribution in [-0.4, -0.2) is 4.98 Å². The maximum Gasteiger partial charge on any atom is 0.213 e. The maximum absolute atomic E-state index is 12.6. The van der Waals surface area contributed by atoms with Crippen LogP contribution in [0.4, 0.5) is 4.39 Å². The zero-order chi connectivity index (χ0) is 10.5. The van der Waals surface area contributed by atoms with E-state index in [0.717, 1.165) is 5.56 Å². The molecule has 0 unspecified atom stereocenters. The fraction of sp³-hybridized carbons (Fsp3) is 0.0833. The lowest BCUT2D eigenvalue weighted by atomic mass is 10.2. The van der Waals surface area contributed by atoms with E-state index in [2.05, 4.69) is 4.98 Å². The molecule has 2 rings (SSSR count). The van der Waals surface area contributed by atoms with Gasteiger partial charge in [-0.15, -0.1) is 0 Å². The number of aromatic nitrogens is 1. The highest BCUT2D eigenvalue weighted by molar-refractivity contribution is 5.16. The molecule has 2 nitrogen and oxygen atoms in total. The molecule has 0 aliphatic heterocycles. The fourth-order valence-corrected chi connectivity index (χ4v) is 1.17. The number of halogens is 1. The molecule has 0 radical (unpaired) electrons. The highest BCUT2D eigenvalue weighted by atomic mass is 19.1. The van der Waals surface area contributed by atoms with Gasteiger partial charge in [0.05, 0.1) is 0 Å². The largest absolute Gasteiger partial charge is 0.473 e. The zero-order valence-corrected chi connectivity index (χ0v) is 8.06. The Bertz CT molecular complexity index is 413. The van der Waals surface area contributed by atoms with Crippen molar-refractivity contribution in [3.63, 3.8) is 0 Å². The molecule has 0 aliphatic carbocycles. The lowest BCUT2D eigenvalue weighted by Gasteiger charge is -2.04. The predicted octanol–water partition coefficient (Wildman–Crippen LogP) is 2.80. The Morgan fingerprint density at radius 1 is 1.07 bits per heavy atom. The molecule has 3 heteroatoms. The summed E-state index contributed by atoms with van der Waals surface area (Å²) in [4.78, 5) is 4.02. The third-order valence-corrected chi connectivity index (χ3v) is 1.94. The number of nitrogens with zero attached hydrogens (tertiary/aromatic N) is 1. The van der Waals surface area contributed by atoms with Crippen LogP contribution in [0.5, 0.6) is 5.88 Å². The van der Waals surface area contributed by atoms with Gasteiger partial charge in [0.2, 0.25) is 5.88 Å². The van der Waals surface area contributed by atoms with Crippen molar-refractivity contribution < 1.29 is 9.13 Å². The number of ether oxygens (including phenoxy) is 1. The molecule has 0 saturated carbocycles. The lowest BCUT2D eigenvalue weighted by molar-refractivity contribution is 0.294. The van der Waals surface area contributed by atoms with E-state index in [1.54, 1.807) is 24.4 Å². The standard InChI is InChI=1S/C12H10FNO/c13-11-6-4-10(5-7-11)9-15-12-3-1-2-8-14-12/h1-8H,9H2. The normalized spacial score (nSPS) is 9.93. The zero-order valence-electron chi connectivity index (χ0n) is 8.06. The first-order chi connectivity index (χ1) is 7.34. The minimum absolute atomic E-state index is 0.239. The highest BCUT2D eigenvalue weighted by Crippen LogP contribution is 2.08. The Balaban J connectivity index is 1.96. The topological polar surface area (TPSA) is 22.1 Å². The third kappa shape index (κ3) is 2.77. The van der Waals surface area contributed by atoms with Gasteiger partial charge in [-0.3, -0.25) is 0 Å². The van der Waals surface area contributed by atoms with E-state index in [0.29, 0.717) is 12.5 Å². The first-order valence-corrected chi connectivity index (χ1v) is 4.63. The Kier molecular flexibility index (Phi) is 2.93. The molecule has 0 saturated heterocycles. The first kappa shape index (κ1) is 9.65. The number of hydrogen-bond acceptors (Lipinski definition) is 2. The lowest BCUT2D eigenvalue weighted by Crippen LogP contribution is -1.96. The van der Waals surface area contributed by atoms with Gasteiger partial charge in [-0.2, -0.15) is 0 Å². The minimum Gasteiger partial charge on any atom is -0.473 e. The summed E-state index contributed by atoms with van der Waals surface area (Å²) < 4.78 is 18.0. The summed E-state index contributed by atoms with van der Waals surface area (Å²) in [5.41, 5.74) is 0.919. The molecule has 0 spiro atoms. The van der Waals surface area contributed by atoms with E-state index in [1.165, 1.54) is 12.1 Å². The summed E-state index contributed by atoms with van der Waals surface area (Å²) in [6.45, 7) is 0.400. The van der Waals surface area contributed by atoms with Gasteiger partial charge in [-0.1, -0.05) is 18.2 Å². The molecule has 2 aromatic rings. The van der Waals surface area contributed by atoms with E-state index in [9.17, 15) is 4.39 Å². The number of benzene rings is 1. The third-order valence-electron chi connectivity index (χ3n) is 1.94. The second kappa shape index (κ2) is 4.55. The van der Waals surface area contributed by atoms with Gasteiger partial charge < -0.3 is 4.74 Å². The summed E-state index contributed by atoms with van der Waals surface area (Å²) in [6.07, 6.45) is 1.67. The van der Waals surface area contributed by atoms with Crippen molar-refractivity contribution in [3.05, 3.63) is 60.0 Å². The molecular formula is C12H10FNO. The predicted molar refractivity (Wildman–Crippen MR) is 55.0 cm³/mol. The van der Waals surface area contributed by atoms with E-state index in [4.69, 9.17) is 4.74 Å². The maximum atomic E-state index is 12.6. The molecule has 0 N–H and O–H groups in total. The summed E-state index contributed by atoms with van der Waals surface area (Å²) in [5, 5.41) is 0. The Morgan fingerprint density at radius 3 is 2.53 bits per heavy atom. The Hall–Kier alpha value is -1.90. The van der Waals surface area contributed by atoms with Gasteiger partial charge in [-0.25, -0.2) is 9.37 Å². The van der Waals surface area contributed by atoms with Crippen LogP contribution in [0.3, 0.4) is 0 Å². The first-order valence-electron chi connectivity index (χ1n) is 4.63. The van der Waals surface area contributed by atoms with Crippen LogP contribution < -0.4 is 4.74 Å². The Morgan fingerprint density at radius 2 is 1.87 bits per heavy atom. The van der Waals surface area contributed by atoms with Crippen molar-refractivity contribution in [1.82, 2.24) is 4.98 Å². The highest BCUT2D eigenvalue weighted by Gasteiger charge is 1.96. The SMILES string of the molecule is Fc1ccc(COc2ccccn2)cc1.